The number of nitrogens with one attached hydrogen (secondary N) is 1. The maximum atomic E-state index is 13.1. The molecule has 0 saturated heterocycles. The number of nitrogens with zero attached hydrogens (tertiary/aromatic N) is 2. The quantitative estimate of drug-likeness (QED) is 0.822. The monoisotopic (exact) mass is 409 g/mol. The largest absolute Gasteiger partial charge is 0.393 e. The molecular formula is C15H15ClF3N3O3S. The SMILES string of the molecule is CCNS(=O)(=O)c1c(CC(F)(F)F)c(-c2ccc(Cl)cc2)nn(C)c1=O. The minimum absolute atomic E-state index is 0.0878. The predicted molar refractivity (Wildman–Crippen MR) is 90.5 cm³/mol. The molecule has 0 atom stereocenters. The molecule has 0 aliphatic rings. The molecule has 0 saturated carbocycles. The summed E-state index contributed by atoms with van der Waals surface area (Å²) < 4.78 is 66.9. The minimum atomic E-state index is -4.74. The average Bonchev–Trinajstić information content (AvgIpc) is 2.50. The van der Waals surface area contributed by atoms with Crippen LogP contribution < -0.4 is 10.3 Å². The topological polar surface area (TPSA) is 81.1 Å². The number of aryl methyl sites for hydroxylation is 1. The van der Waals surface area contributed by atoms with Gasteiger partial charge in [0.2, 0.25) is 10.0 Å². The molecule has 0 bridgehead atoms. The van der Waals surface area contributed by atoms with Crippen LogP contribution in [-0.4, -0.2) is 30.9 Å². The number of hydrogen-bond acceptors (Lipinski definition) is 4. The Morgan fingerprint density at radius 2 is 1.81 bits per heavy atom. The van der Waals surface area contributed by atoms with Crippen molar-refractivity contribution >= 4 is 21.6 Å². The van der Waals surface area contributed by atoms with E-state index in [-0.39, 0.29) is 17.8 Å². The van der Waals surface area contributed by atoms with Crippen LogP contribution >= 0.6 is 11.6 Å². The molecule has 0 unspecified atom stereocenters. The summed E-state index contributed by atoms with van der Waals surface area (Å²) in [6.45, 7) is 1.36. The van der Waals surface area contributed by atoms with E-state index in [1.165, 1.54) is 38.2 Å². The van der Waals surface area contributed by atoms with Crippen LogP contribution in [0.5, 0.6) is 0 Å². The zero-order valence-electron chi connectivity index (χ0n) is 13.8. The first-order valence-corrected chi connectivity index (χ1v) is 9.25. The first-order valence-electron chi connectivity index (χ1n) is 7.39. The Hall–Kier alpha value is -1.91. The second-order valence-electron chi connectivity index (χ2n) is 5.39. The third-order valence-corrected chi connectivity index (χ3v) is 5.28. The van der Waals surface area contributed by atoms with Crippen LogP contribution in [-0.2, 0) is 23.5 Å². The highest BCUT2D eigenvalue weighted by molar-refractivity contribution is 7.89. The van der Waals surface area contributed by atoms with Crippen molar-refractivity contribution in [1.29, 1.82) is 0 Å². The highest BCUT2D eigenvalue weighted by Gasteiger charge is 2.36. The zero-order chi connectivity index (χ0) is 19.7. The van der Waals surface area contributed by atoms with Crippen molar-refractivity contribution in [2.24, 2.45) is 7.05 Å². The molecule has 2 rings (SSSR count). The van der Waals surface area contributed by atoms with Gasteiger partial charge < -0.3 is 0 Å². The lowest BCUT2D eigenvalue weighted by atomic mass is 10.0. The molecular weight excluding hydrogens is 395 g/mol. The summed E-state index contributed by atoms with van der Waals surface area (Å²) in [5.74, 6) is 0. The first-order chi connectivity index (χ1) is 12.0. The molecule has 142 valence electrons. The smallest absolute Gasteiger partial charge is 0.266 e. The predicted octanol–water partition coefficient (Wildman–Crippen LogP) is 2.50. The number of rotatable bonds is 5. The molecule has 1 N–H and O–H groups in total. The summed E-state index contributed by atoms with van der Waals surface area (Å²) in [6, 6.07) is 5.66. The fourth-order valence-electron chi connectivity index (χ4n) is 2.38. The van der Waals surface area contributed by atoms with E-state index in [0.717, 1.165) is 0 Å². The van der Waals surface area contributed by atoms with E-state index in [1.807, 2.05) is 0 Å². The Labute approximate surface area is 152 Å². The maximum Gasteiger partial charge on any atom is 0.393 e. The second kappa shape index (κ2) is 7.37. The lowest BCUT2D eigenvalue weighted by molar-refractivity contribution is -0.127. The Kier molecular flexibility index (Phi) is 5.79. The highest BCUT2D eigenvalue weighted by atomic mass is 35.5. The molecule has 2 aromatic rings. The van der Waals surface area contributed by atoms with Crippen molar-refractivity contribution in [3.05, 3.63) is 45.2 Å². The van der Waals surface area contributed by atoms with Gasteiger partial charge in [-0.05, 0) is 12.1 Å². The Balaban J connectivity index is 2.90. The zero-order valence-corrected chi connectivity index (χ0v) is 15.3. The number of benzene rings is 1. The van der Waals surface area contributed by atoms with E-state index in [4.69, 9.17) is 11.6 Å². The molecule has 0 aliphatic carbocycles. The third-order valence-electron chi connectivity index (χ3n) is 3.40. The van der Waals surface area contributed by atoms with Gasteiger partial charge in [0.1, 0.15) is 0 Å². The van der Waals surface area contributed by atoms with Gasteiger partial charge in [0.05, 0.1) is 12.1 Å². The van der Waals surface area contributed by atoms with Crippen molar-refractivity contribution in [3.63, 3.8) is 0 Å². The van der Waals surface area contributed by atoms with Crippen LogP contribution in [0.3, 0.4) is 0 Å². The number of hydrogen-bond donors (Lipinski definition) is 1. The standard InChI is InChI=1S/C15H15ClF3N3O3S/c1-3-20-26(24,25)13-11(8-15(17,18)19)12(21-22(2)14(13)23)9-4-6-10(16)7-5-9/h4-7,20H,3,8H2,1-2H3. The van der Waals surface area contributed by atoms with Crippen molar-refractivity contribution in [3.8, 4) is 11.3 Å². The summed E-state index contributed by atoms with van der Waals surface area (Å²) in [5, 5.41) is 4.20. The van der Waals surface area contributed by atoms with E-state index in [2.05, 4.69) is 9.82 Å². The molecule has 0 radical (unpaired) electrons. The maximum absolute atomic E-state index is 13.1. The van der Waals surface area contributed by atoms with Crippen LogP contribution in [0.1, 0.15) is 12.5 Å². The fraction of sp³-hybridized carbons (Fsp3) is 0.333. The first kappa shape index (κ1) is 20.4. The summed E-state index contributed by atoms with van der Waals surface area (Å²) in [4.78, 5) is 11.4. The molecule has 0 spiro atoms. The van der Waals surface area contributed by atoms with Crippen molar-refractivity contribution in [2.75, 3.05) is 6.54 Å². The minimum Gasteiger partial charge on any atom is -0.266 e. The number of sulfonamides is 1. The van der Waals surface area contributed by atoms with Gasteiger partial charge >= 0.3 is 6.18 Å². The van der Waals surface area contributed by atoms with E-state index < -0.39 is 38.6 Å². The molecule has 6 nitrogen and oxygen atoms in total. The lowest BCUT2D eigenvalue weighted by Crippen LogP contribution is -2.36. The Morgan fingerprint density at radius 3 is 2.31 bits per heavy atom. The second-order valence-corrected chi connectivity index (χ2v) is 7.53. The molecule has 11 heteroatoms. The Morgan fingerprint density at radius 1 is 1.23 bits per heavy atom. The van der Waals surface area contributed by atoms with Crippen molar-refractivity contribution in [1.82, 2.24) is 14.5 Å². The van der Waals surface area contributed by atoms with E-state index in [0.29, 0.717) is 9.70 Å². The molecule has 1 heterocycles. The van der Waals surface area contributed by atoms with Crippen LogP contribution in [0.15, 0.2) is 34.0 Å². The van der Waals surface area contributed by atoms with Gasteiger partial charge in [-0.15, -0.1) is 0 Å². The van der Waals surface area contributed by atoms with Gasteiger partial charge in [-0.3, -0.25) is 4.79 Å². The van der Waals surface area contributed by atoms with Crippen molar-refractivity contribution in [2.45, 2.75) is 24.4 Å². The van der Waals surface area contributed by atoms with Crippen molar-refractivity contribution < 1.29 is 21.6 Å². The summed E-state index contributed by atoms with van der Waals surface area (Å²) in [5.41, 5.74) is -1.89. The molecule has 1 aromatic carbocycles. The van der Waals surface area contributed by atoms with Crippen LogP contribution in [0.4, 0.5) is 13.2 Å². The van der Waals surface area contributed by atoms with Gasteiger partial charge in [0.15, 0.2) is 4.90 Å². The summed E-state index contributed by atoms with van der Waals surface area (Å²) in [6.07, 6.45) is -6.36. The summed E-state index contributed by atoms with van der Waals surface area (Å²) in [7, 11) is -3.28. The van der Waals surface area contributed by atoms with Crippen LogP contribution in [0.2, 0.25) is 5.02 Å². The fourth-order valence-corrected chi connectivity index (χ4v) is 3.89. The lowest BCUT2D eigenvalue weighted by Gasteiger charge is -2.17. The van der Waals surface area contributed by atoms with E-state index in [1.54, 1.807) is 0 Å². The van der Waals surface area contributed by atoms with E-state index >= 15 is 0 Å². The number of alkyl halides is 3. The number of halogens is 4. The van der Waals surface area contributed by atoms with Gasteiger partial charge in [-0.25, -0.2) is 17.8 Å². The molecule has 0 amide bonds. The van der Waals surface area contributed by atoms with Gasteiger partial charge in [-0.1, -0.05) is 30.7 Å². The number of aromatic nitrogens is 2. The highest BCUT2D eigenvalue weighted by Crippen LogP contribution is 2.31. The van der Waals surface area contributed by atoms with Crippen LogP contribution in [0.25, 0.3) is 11.3 Å². The van der Waals surface area contributed by atoms with Gasteiger partial charge in [0, 0.05) is 29.7 Å². The van der Waals surface area contributed by atoms with E-state index in [9.17, 15) is 26.4 Å². The summed E-state index contributed by atoms with van der Waals surface area (Å²) >= 11 is 5.79. The molecule has 0 fully saturated rings. The molecule has 1 aromatic heterocycles. The van der Waals surface area contributed by atoms with Gasteiger partial charge in [-0.2, -0.15) is 18.3 Å². The van der Waals surface area contributed by atoms with Crippen LogP contribution in [0, 0.1) is 0 Å². The van der Waals surface area contributed by atoms with Gasteiger partial charge in [0.25, 0.3) is 5.56 Å². The normalized spacial score (nSPS) is 12.4. The molecule has 0 aliphatic heterocycles. The average molecular weight is 410 g/mol. The third kappa shape index (κ3) is 4.43. The molecule has 26 heavy (non-hydrogen) atoms. The Bertz CT molecular complexity index is 971.